The number of unbranched alkanes of at least 4 members (excludes halogenated alkanes) is 2. The first-order chi connectivity index (χ1) is 26.0. The average molecular weight is 769 g/mol. The predicted molar refractivity (Wildman–Crippen MR) is 197 cm³/mol. The number of carboxylic acids is 1. The van der Waals surface area contributed by atoms with Crippen LogP contribution in [-0.2, 0) is 33.5 Å². The number of carbonyl (C=O) groups excluding carboxylic acids is 5. The van der Waals surface area contributed by atoms with Gasteiger partial charge in [0, 0.05) is 31.2 Å². The van der Waals surface area contributed by atoms with Crippen LogP contribution in [0.5, 0.6) is 0 Å². The Bertz CT molecular complexity index is 1680. The number of Topliss-reactive ketones (excluding diaryl/α,β-unsaturated/α-hetero) is 1. The number of carboxylic acid groups (broad SMARTS) is 1. The molecule has 4 aliphatic rings. The SMILES string of the molecule is CC12CCC(=O)C=C1CCC1C2CCC2(C)C1CCC2(O)C(=O)COC(=O)CCC(=O)NCCCCCC(=O)NC(C(=O)O)C(O)c1cccc(N([O-])O)c1. The second-order valence-electron chi connectivity index (χ2n) is 16.3. The molecule has 302 valence electrons. The van der Waals surface area contributed by atoms with Crippen molar-refractivity contribution in [3.8, 4) is 0 Å². The van der Waals surface area contributed by atoms with Crippen molar-refractivity contribution in [2.45, 2.75) is 121 Å². The van der Waals surface area contributed by atoms with Crippen LogP contribution in [0.2, 0.25) is 0 Å². The van der Waals surface area contributed by atoms with E-state index in [-0.39, 0.29) is 54.2 Å². The fourth-order valence-electron chi connectivity index (χ4n) is 10.0. The molecular weight excluding hydrogens is 714 g/mol. The van der Waals surface area contributed by atoms with E-state index >= 15 is 0 Å². The molecule has 0 aromatic heterocycles. The Morgan fingerprint density at radius 1 is 0.964 bits per heavy atom. The fourth-order valence-corrected chi connectivity index (χ4v) is 10.0. The summed E-state index contributed by atoms with van der Waals surface area (Å²) in [6.45, 7) is 4.00. The molecule has 0 radical (unpaired) electrons. The van der Waals surface area contributed by atoms with Crippen LogP contribution in [-0.4, -0.2) is 80.6 Å². The maximum atomic E-state index is 13.5. The normalized spacial score (nSPS) is 29.4. The number of allylic oxidation sites excluding steroid dienone is 1. The molecule has 8 atom stereocenters. The molecule has 0 heterocycles. The van der Waals surface area contributed by atoms with Crippen LogP contribution in [0.15, 0.2) is 35.9 Å². The number of benzene rings is 1. The lowest BCUT2D eigenvalue weighted by Crippen LogP contribution is -2.58. The van der Waals surface area contributed by atoms with E-state index in [9.17, 15) is 49.3 Å². The first-order valence-electron chi connectivity index (χ1n) is 19.4. The number of esters is 1. The second kappa shape index (κ2) is 17.3. The van der Waals surface area contributed by atoms with Gasteiger partial charge in [-0.05, 0) is 105 Å². The van der Waals surface area contributed by atoms with Gasteiger partial charge in [-0.2, -0.15) is 0 Å². The molecule has 3 fully saturated rings. The van der Waals surface area contributed by atoms with Crippen LogP contribution in [0.4, 0.5) is 5.69 Å². The zero-order valence-electron chi connectivity index (χ0n) is 31.6. The molecule has 1 aromatic carbocycles. The minimum absolute atomic E-state index is 0.0104. The van der Waals surface area contributed by atoms with Crippen molar-refractivity contribution in [1.29, 1.82) is 0 Å². The molecule has 5 rings (SSSR count). The molecule has 2 amide bonds. The molecule has 6 N–H and O–H groups in total. The molecule has 0 bridgehead atoms. The Kier molecular flexibility index (Phi) is 13.2. The molecule has 55 heavy (non-hydrogen) atoms. The minimum atomic E-state index is -1.70. The summed E-state index contributed by atoms with van der Waals surface area (Å²) in [4.78, 5) is 74.6. The molecule has 0 aliphatic heterocycles. The van der Waals surface area contributed by atoms with E-state index in [0.29, 0.717) is 50.4 Å². The van der Waals surface area contributed by atoms with Crippen LogP contribution in [0.3, 0.4) is 0 Å². The highest BCUT2D eigenvalue weighted by Gasteiger charge is 2.66. The third-order valence-electron chi connectivity index (χ3n) is 13.2. The van der Waals surface area contributed by atoms with E-state index in [1.165, 1.54) is 23.8 Å². The van der Waals surface area contributed by atoms with Gasteiger partial charge in [-0.1, -0.05) is 38.0 Å². The zero-order chi connectivity index (χ0) is 40.1. The maximum absolute atomic E-state index is 13.5. The highest BCUT2D eigenvalue weighted by atomic mass is 16.8. The number of aliphatic hydroxyl groups excluding tert-OH is 1. The predicted octanol–water partition coefficient (Wildman–Crippen LogP) is 3.81. The summed E-state index contributed by atoms with van der Waals surface area (Å²) in [6.07, 6.45) is 6.91. The minimum Gasteiger partial charge on any atom is -0.733 e. The number of carbonyl (C=O) groups is 6. The number of ether oxygens (including phenoxy) is 1. The lowest BCUT2D eigenvalue weighted by atomic mass is 9.46. The van der Waals surface area contributed by atoms with Gasteiger partial charge < -0.3 is 41.1 Å². The van der Waals surface area contributed by atoms with Crippen LogP contribution in [0.1, 0.15) is 115 Å². The highest BCUT2D eigenvalue weighted by Crippen LogP contribution is 2.67. The molecule has 0 spiro atoms. The third-order valence-corrected chi connectivity index (χ3v) is 13.2. The van der Waals surface area contributed by atoms with Crippen LogP contribution < -0.4 is 15.9 Å². The van der Waals surface area contributed by atoms with Gasteiger partial charge in [-0.15, -0.1) is 0 Å². The number of nitrogens with one attached hydrogen (secondary N) is 2. The van der Waals surface area contributed by atoms with Gasteiger partial charge >= 0.3 is 11.9 Å². The second-order valence-corrected chi connectivity index (χ2v) is 16.3. The lowest BCUT2D eigenvalue weighted by molar-refractivity contribution is -0.170. The summed E-state index contributed by atoms with van der Waals surface area (Å²) in [5, 5.41) is 56.6. The number of amides is 2. The van der Waals surface area contributed by atoms with E-state index in [2.05, 4.69) is 17.6 Å². The van der Waals surface area contributed by atoms with Gasteiger partial charge in [0.2, 0.25) is 17.6 Å². The molecule has 15 heteroatoms. The molecule has 4 aliphatic carbocycles. The molecule has 15 nitrogen and oxygen atoms in total. The first kappa shape index (κ1) is 42.0. The maximum Gasteiger partial charge on any atom is 0.329 e. The van der Waals surface area contributed by atoms with E-state index < -0.39 is 64.5 Å². The Hall–Kier alpha value is -4.18. The summed E-state index contributed by atoms with van der Waals surface area (Å²) in [5.41, 5.74) is -1.21. The Balaban J connectivity index is 0.973. The number of aliphatic carboxylic acids is 1. The number of hydrogen-bond donors (Lipinski definition) is 6. The summed E-state index contributed by atoms with van der Waals surface area (Å²) in [6, 6.07) is 3.36. The number of ketones is 2. The highest BCUT2D eigenvalue weighted by molar-refractivity contribution is 5.92. The van der Waals surface area contributed by atoms with E-state index in [1.54, 1.807) is 0 Å². The standard InChI is InChI=1S/C40H54N3O12/c1-38-17-14-27(44)22-25(38)10-11-28-29(38)15-18-39(2)30(28)16-19-40(39,52)31(45)23-55-34(48)13-12-32(46)41-20-5-3-4-9-33(47)42-35(37(50)51)36(49)24-7-6-8-26(21-24)43(53)54/h6-8,21-22,28-30,35-36,49,52-53H,3-5,9-20,23H2,1-2H3,(H,41,46)(H,42,47)(H,50,51)/q-1. The van der Waals surface area contributed by atoms with Crippen molar-refractivity contribution in [1.82, 2.24) is 10.6 Å². The van der Waals surface area contributed by atoms with Gasteiger partial charge in [0.25, 0.3) is 0 Å². The van der Waals surface area contributed by atoms with Crippen molar-refractivity contribution in [3.63, 3.8) is 0 Å². The number of anilines is 1. The van der Waals surface area contributed by atoms with Gasteiger partial charge in [-0.3, -0.25) is 29.2 Å². The van der Waals surface area contributed by atoms with Crippen molar-refractivity contribution in [2.24, 2.45) is 28.6 Å². The van der Waals surface area contributed by atoms with Crippen molar-refractivity contribution >= 4 is 41.0 Å². The van der Waals surface area contributed by atoms with E-state index in [4.69, 9.17) is 9.94 Å². The van der Waals surface area contributed by atoms with Crippen LogP contribution in [0.25, 0.3) is 0 Å². The van der Waals surface area contributed by atoms with Gasteiger partial charge in [0.05, 0.1) is 12.1 Å². The van der Waals surface area contributed by atoms with Gasteiger partial charge in [0.1, 0.15) is 11.7 Å². The molecule has 1 aromatic rings. The monoisotopic (exact) mass is 768 g/mol. The number of hydrogen-bond acceptors (Lipinski definition) is 12. The van der Waals surface area contributed by atoms with Gasteiger partial charge in [-0.25, -0.2) is 4.79 Å². The van der Waals surface area contributed by atoms with Crippen LogP contribution >= 0.6 is 0 Å². The number of rotatable bonds is 17. The zero-order valence-corrected chi connectivity index (χ0v) is 31.6. The molecular formula is C40H54N3O12-. The van der Waals surface area contributed by atoms with Gasteiger partial charge in [0.15, 0.2) is 18.4 Å². The Labute approximate surface area is 320 Å². The van der Waals surface area contributed by atoms with Crippen molar-refractivity contribution in [3.05, 3.63) is 46.7 Å². The number of nitrogens with zero attached hydrogens (tertiary/aromatic N) is 1. The lowest BCUT2D eigenvalue weighted by Gasteiger charge is -2.58. The van der Waals surface area contributed by atoms with Crippen LogP contribution in [0, 0.1) is 33.8 Å². The summed E-state index contributed by atoms with van der Waals surface area (Å²) in [5.74, 6) is -2.60. The number of aliphatic hydroxyl groups is 2. The number of fused-ring (bicyclic) bond motifs is 5. The Morgan fingerprint density at radius 2 is 1.71 bits per heavy atom. The summed E-state index contributed by atoms with van der Waals surface area (Å²) >= 11 is 0. The average Bonchev–Trinajstić information content (AvgIpc) is 3.44. The Morgan fingerprint density at radius 3 is 2.44 bits per heavy atom. The molecule has 3 saturated carbocycles. The molecule has 0 saturated heterocycles. The molecule has 8 unspecified atom stereocenters. The topological polar surface area (TPSA) is 243 Å². The fraction of sp³-hybridized carbons (Fsp3) is 0.650. The van der Waals surface area contributed by atoms with Crippen molar-refractivity contribution < 1.29 is 54.0 Å². The summed E-state index contributed by atoms with van der Waals surface area (Å²) < 4.78 is 5.25. The van der Waals surface area contributed by atoms with E-state index in [1.807, 2.05) is 13.0 Å². The quantitative estimate of drug-likeness (QED) is 0.0751. The largest absolute Gasteiger partial charge is 0.733 e. The smallest absolute Gasteiger partial charge is 0.329 e. The van der Waals surface area contributed by atoms with E-state index in [0.717, 1.165) is 38.2 Å². The first-order valence-corrected chi connectivity index (χ1v) is 19.4. The third kappa shape index (κ3) is 8.95. The van der Waals surface area contributed by atoms with Crippen molar-refractivity contribution in [2.75, 3.05) is 18.4 Å². The summed E-state index contributed by atoms with van der Waals surface area (Å²) in [7, 11) is 0.